The maximum atomic E-state index is 12.9. The third-order valence-electron chi connectivity index (χ3n) is 5.81. The Balaban J connectivity index is 1.47. The molecule has 7 heteroatoms. The van der Waals surface area contributed by atoms with Crippen LogP contribution in [-0.4, -0.2) is 71.5 Å². The lowest BCUT2D eigenvalue weighted by molar-refractivity contribution is -0.122. The Morgan fingerprint density at radius 3 is 2.19 bits per heavy atom. The molecule has 3 rings (SSSR count). The largest absolute Gasteiger partial charge is 0.355 e. The Kier molecular flexibility index (Phi) is 7.76. The number of hydrogen-bond donors (Lipinski definition) is 2. The van der Waals surface area contributed by atoms with Gasteiger partial charge in [-0.1, -0.05) is 37.3 Å². The first-order valence-electron chi connectivity index (χ1n) is 10.9. The highest BCUT2D eigenvalue weighted by atomic mass is 16.2. The van der Waals surface area contributed by atoms with E-state index in [0.717, 1.165) is 43.0 Å². The number of Topliss-reactive ketones (excluding diaryl/α,β-unsaturated/α-hetero) is 2. The first-order chi connectivity index (χ1) is 14.9. The van der Waals surface area contributed by atoms with Crippen molar-refractivity contribution in [3.63, 3.8) is 0 Å². The second kappa shape index (κ2) is 10.5. The van der Waals surface area contributed by atoms with Gasteiger partial charge in [0.1, 0.15) is 0 Å². The van der Waals surface area contributed by atoms with Crippen LogP contribution in [-0.2, 0) is 17.8 Å². The summed E-state index contributed by atoms with van der Waals surface area (Å²) in [6, 6.07) is 9.86. The Hall–Kier alpha value is -2.77. The van der Waals surface area contributed by atoms with Gasteiger partial charge < -0.3 is 10.3 Å². The van der Waals surface area contributed by atoms with Crippen LogP contribution >= 0.6 is 0 Å². The molecule has 2 heterocycles. The second-order valence-corrected chi connectivity index (χ2v) is 8.13. The number of rotatable bonds is 9. The van der Waals surface area contributed by atoms with Crippen molar-refractivity contribution in [2.75, 3.05) is 39.3 Å². The minimum Gasteiger partial charge on any atom is -0.355 e. The van der Waals surface area contributed by atoms with Crippen molar-refractivity contribution in [2.24, 2.45) is 0 Å². The Labute approximate surface area is 183 Å². The Morgan fingerprint density at radius 1 is 1.00 bits per heavy atom. The third kappa shape index (κ3) is 5.89. The summed E-state index contributed by atoms with van der Waals surface area (Å²) in [5.74, 6) is 0.0184. The molecular weight excluding hydrogens is 392 g/mol. The minimum absolute atomic E-state index is 0.0104. The number of hydrogen-bond acceptors (Lipinski definition) is 5. The Morgan fingerprint density at radius 2 is 1.61 bits per heavy atom. The van der Waals surface area contributed by atoms with Crippen LogP contribution in [0.5, 0.6) is 0 Å². The molecule has 2 N–H and O–H groups in total. The molecule has 0 spiro atoms. The van der Waals surface area contributed by atoms with Crippen molar-refractivity contribution in [3.05, 3.63) is 58.4 Å². The van der Waals surface area contributed by atoms with Crippen molar-refractivity contribution < 1.29 is 14.4 Å². The van der Waals surface area contributed by atoms with Crippen molar-refractivity contribution in [1.29, 1.82) is 0 Å². The van der Waals surface area contributed by atoms with Gasteiger partial charge in [-0.15, -0.1) is 0 Å². The first kappa shape index (κ1) is 22.9. The number of aryl methyl sites for hydroxylation is 1. The van der Waals surface area contributed by atoms with Gasteiger partial charge in [-0.05, 0) is 31.4 Å². The molecule has 0 atom stereocenters. The van der Waals surface area contributed by atoms with Gasteiger partial charge in [0.15, 0.2) is 11.6 Å². The van der Waals surface area contributed by atoms with Gasteiger partial charge in [-0.2, -0.15) is 0 Å². The fourth-order valence-corrected chi connectivity index (χ4v) is 4.19. The predicted molar refractivity (Wildman–Crippen MR) is 120 cm³/mol. The molecule has 0 radical (unpaired) electrons. The molecule has 7 nitrogen and oxygen atoms in total. The van der Waals surface area contributed by atoms with Gasteiger partial charge in [0, 0.05) is 44.0 Å². The molecule has 1 saturated heterocycles. The van der Waals surface area contributed by atoms with Crippen LogP contribution in [0.2, 0.25) is 0 Å². The van der Waals surface area contributed by atoms with Crippen LogP contribution in [0.15, 0.2) is 30.3 Å². The molecule has 166 valence electrons. The average molecular weight is 425 g/mol. The number of aromatic amines is 1. The summed E-state index contributed by atoms with van der Waals surface area (Å²) in [6.07, 6.45) is 0.645. The summed E-state index contributed by atoms with van der Waals surface area (Å²) in [5.41, 5.74) is 3.88. The van der Waals surface area contributed by atoms with E-state index in [1.54, 1.807) is 6.92 Å². The fourth-order valence-electron chi connectivity index (χ4n) is 4.19. The van der Waals surface area contributed by atoms with Crippen molar-refractivity contribution in [3.8, 4) is 0 Å². The summed E-state index contributed by atoms with van der Waals surface area (Å²) in [4.78, 5) is 44.4. The van der Waals surface area contributed by atoms with Crippen LogP contribution in [0.25, 0.3) is 0 Å². The normalized spacial score (nSPS) is 15.1. The molecule has 1 aliphatic rings. The van der Waals surface area contributed by atoms with E-state index in [0.29, 0.717) is 37.3 Å². The zero-order valence-corrected chi connectivity index (χ0v) is 18.7. The van der Waals surface area contributed by atoms with Crippen molar-refractivity contribution in [2.45, 2.75) is 33.7 Å². The summed E-state index contributed by atoms with van der Waals surface area (Å²) in [5, 5.41) is 2.96. The summed E-state index contributed by atoms with van der Waals surface area (Å²) in [6.45, 7) is 9.53. The highest BCUT2D eigenvalue weighted by molar-refractivity contribution is 6.04. The molecule has 0 unspecified atom stereocenters. The lowest BCUT2D eigenvalue weighted by Crippen LogP contribution is -2.50. The molecule has 0 saturated carbocycles. The molecule has 2 aromatic rings. The average Bonchev–Trinajstić information content (AvgIpc) is 3.11. The highest BCUT2D eigenvalue weighted by Crippen LogP contribution is 2.21. The van der Waals surface area contributed by atoms with Crippen LogP contribution in [0.1, 0.15) is 51.5 Å². The number of ketones is 2. The van der Waals surface area contributed by atoms with Crippen molar-refractivity contribution >= 4 is 17.5 Å². The van der Waals surface area contributed by atoms with Gasteiger partial charge in [0.05, 0.1) is 18.8 Å². The van der Waals surface area contributed by atoms with E-state index in [1.807, 2.05) is 44.2 Å². The molecule has 31 heavy (non-hydrogen) atoms. The molecule has 1 aromatic heterocycles. The summed E-state index contributed by atoms with van der Waals surface area (Å²) in [7, 11) is 0. The highest BCUT2D eigenvalue weighted by Gasteiger charge is 2.25. The maximum absolute atomic E-state index is 12.9. The standard InChI is InChI=1S/C24H32N4O3/c1-4-20-23(18(3)29)17(2)26-24(20)21(30)15-27-10-12-28(13-11-27)16-22(31)25-14-19-8-6-5-7-9-19/h5-9,26H,4,10-16H2,1-3H3,(H,25,31). The van der Waals surface area contributed by atoms with E-state index in [2.05, 4.69) is 20.1 Å². The predicted octanol–water partition coefficient (Wildman–Crippen LogP) is 2.20. The number of piperazine rings is 1. The third-order valence-corrected chi connectivity index (χ3v) is 5.81. The number of H-pyrrole nitrogens is 1. The zero-order valence-electron chi connectivity index (χ0n) is 18.7. The number of aromatic nitrogens is 1. The number of nitrogens with one attached hydrogen (secondary N) is 2. The SMILES string of the molecule is CCc1c(C(=O)CN2CCN(CC(=O)NCc3ccccc3)CC2)[nH]c(C)c1C(C)=O. The van der Waals surface area contributed by atoms with Crippen LogP contribution in [0.4, 0.5) is 0 Å². The van der Waals surface area contributed by atoms with Gasteiger partial charge in [-0.3, -0.25) is 24.2 Å². The molecule has 0 aliphatic carbocycles. The van der Waals surface area contributed by atoms with E-state index < -0.39 is 0 Å². The summed E-state index contributed by atoms with van der Waals surface area (Å²) >= 11 is 0. The van der Waals surface area contributed by atoms with E-state index >= 15 is 0 Å². The smallest absolute Gasteiger partial charge is 0.234 e. The van der Waals surface area contributed by atoms with E-state index in [4.69, 9.17) is 0 Å². The molecule has 1 aliphatic heterocycles. The monoisotopic (exact) mass is 424 g/mol. The van der Waals surface area contributed by atoms with Crippen LogP contribution in [0.3, 0.4) is 0 Å². The van der Waals surface area contributed by atoms with Gasteiger partial charge in [0.2, 0.25) is 5.91 Å². The van der Waals surface area contributed by atoms with Crippen LogP contribution < -0.4 is 5.32 Å². The number of benzene rings is 1. The molecule has 1 fully saturated rings. The van der Waals surface area contributed by atoms with Crippen LogP contribution in [0, 0.1) is 6.92 Å². The van der Waals surface area contributed by atoms with Gasteiger partial charge >= 0.3 is 0 Å². The van der Waals surface area contributed by atoms with Gasteiger partial charge in [-0.25, -0.2) is 0 Å². The number of nitrogens with zero attached hydrogens (tertiary/aromatic N) is 2. The number of amides is 1. The fraction of sp³-hybridized carbons (Fsp3) is 0.458. The quantitative estimate of drug-likeness (QED) is 0.603. The van der Waals surface area contributed by atoms with Crippen molar-refractivity contribution in [1.82, 2.24) is 20.1 Å². The van der Waals surface area contributed by atoms with E-state index in [-0.39, 0.29) is 17.5 Å². The van der Waals surface area contributed by atoms with Gasteiger partial charge in [0.25, 0.3) is 0 Å². The molecular formula is C24H32N4O3. The second-order valence-electron chi connectivity index (χ2n) is 8.13. The summed E-state index contributed by atoms with van der Waals surface area (Å²) < 4.78 is 0. The lowest BCUT2D eigenvalue weighted by atomic mass is 10.0. The topological polar surface area (TPSA) is 85.5 Å². The maximum Gasteiger partial charge on any atom is 0.234 e. The zero-order chi connectivity index (χ0) is 22.4. The minimum atomic E-state index is -0.0104. The first-order valence-corrected chi connectivity index (χ1v) is 10.9. The lowest BCUT2D eigenvalue weighted by Gasteiger charge is -2.33. The Bertz CT molecular complexity index is 928. The molecule has 0 bridgehead atoms. The van der Waals surface area contributed by atoms with E-state index in [9.17, 15) is 14.4 Å². The molecule has 1 aromatic carbocycles. The van der Waals surface area contributed by atoms with E-state index in [1.165, 1.54) is 0 Å². The number of carbonyl (C=O) groups excluding carboxylic acids is 3. The number of carbonyl (C=O) groups is 3. The molecule has 1 amide bonds.